The highest BCUT2D eigenvalue weighted by Gasteiger charge is 2.21. The quantitative estimate of drug-likeness (QED) is 0.777. The van der Waals surface area contributed by atoms with Crippen molar-refractivity contribution < 1.29 is 4.74 Å². The molecule has 5 heteroatoms. The van der Waals surface area contributed by atoms with Crippen molar-refractivity contribution >= 4 is 0 Å². The molecule has 5 nitrogen and oxygen atoms in total. The van der Waals surface area contributed by atoms with Gasteiger partial charge in [0.15, 0.2) is 0 Å². The lowest BCUT2D eigenvalue weighted by Gasteiger charge is -2.20. The Bertz CT molecular complexity index is 360. The van der Waals surface area contributed by atoms with Gasteiger partial charge in [-0.15, -0.1) is 0 Å². The fraction of sp³-hybridized carbons (Fsp3) is 0.857. The average molecular weight is 266 g/mol. The number of hydrogen-bond donors (Lipinski definition) is 1. The molecule has 2 rings (SSSR count). The van der Waals surface area contributed by atoms with Crippen LogP contribution in [-0.4, -0.2) is 40.6 Å². The van der Waals surface area contributed by atoms with Crippen molar-refractivity contribution in [2.24, 2.45) is 5.92 Å². The van der Waals surface area contributed by atoms with E-state index in [-0.39, 0.29) is 0 Å². The maximum atomic E-state index is 5.47. The van der Waals surface area contributed by atoms with Gasteiger partial charge >= 0.3 is 0 Å². The molecule has 0 saturated carbocycles. The molecule has 0 bridgehead atoms. The fourth-order valence-electron chi connectivity index (χ4n) is 2.76. The second-order valence-corrected chi connectivity index (χ2v) is 5.32. The summed E-state index contributed by atoms with van der Waals surface area (Å²) >= 11 is 0. The first-order valence-electron chi connectivity index (χ1n) is 7.51. The highest BCUT2D eigenvalue weighted by Crippen LogP contribution is 2.19. The van der Waals surface area contributed by atoms with Crippen molar-refractivity contribution in [2.75, 3.05) is 19.8 Å². The van der Waals surface area contributed by atoms with Gasteiger partial charge in [0.25, 0.3) is 0 Å². The molecule has 19 heavy (non-hydrogen) atoms. The first-order valence-corrected chi connectivity index (χ1v) is 7.51. The first-order chi connectivity index (χ1) is 9.33. The molecular weight excluding hydrogens is 240 g/mol. The van der Waals surface area contributed by atoms with Crippen molar-refractivity contribution in [1.29, 1.82) is 0 Å². The van der Waals surface area contributed by atoms with Crippen molar-refractivity contribution in [3.63, 3.8) is 0 Å². The average Bonchev–Trinajstić information content (AvgIpc) is 3.03. The minimum absolute atomic E-state index is 0.483. The van der Waals surface area contributed by atoms with Crippen LogP contribution >= 0.6 is 0 Å². The van der Waals surface area contributed by atoms with Gasteiger partial charge in [-0.05, 0) is 31.7 Å². The Morgan fingerprint density at radius 1 is 1.53 bits per heavy atom. The summed E-state index contributed by atoms with van der Waals surface area (Å²) in [6, 6.07) is 0.483. The molecule has 0 amide bonds. The molecule has 0 aromatic carbocycles. The fourth-order valence-corrected chi connectivity index (χ4v) is 2.76. The maximum absolute atomic E-state index is 5.47. The molecule has 0 aliphatic carbocycles. The minimum Gasteiger partial charge on any atom is -0.381 e. The van der Waals surface area contributed by atoms with E-state index in [1.807, 2.05) is 4.68 Å². The number of ether oxygens (including phenoxy) is 1. The van der Waals surface area contributed by atoms with E-state index in [9.17, 15) is 0 Å². The van der Waals surface area contributed by atoms with Gasteiger partial charge in [0.1, 0.15) is 12.2 Å². The smallest absolute Gasteiger partial charge is 0.138 e. The monoisotopic (exact) mass is 266 g/mol. The molecule has 0 spiro atoms. The third-order valence-electron chi connectivity index (χ3n) is 3.69. The van der Waals surface area contributed by atoms with Crippen LogP contribution in [-0.2, 0) is 17.7 Å². The summed E-state index contributed by atoms with van der Waals surface area (Å²) < 4.78 is 7.51. The Labute approximate surface area is 115 Å². The second kappa shape index (κ2) is 7.60. The third kappa shape index (κ3) is 4.28. The van der Waals surface area contributed by atoms with Gasteiger partial charge in [-0.1, -0.05) is 13.8 Å². The summed E-state index contributed by atoms with van der Waals surface area (Å²) in [4.78, 5) is 4.41. The van der Waals surface area contributed by atoms with Gasteiger partial charge in [-0.25, -0.2) is 4.98 Å². The molecule has 1 N–H and O–H groups in total. The lowest BCUT2D eigenvalue weighted by molar-refractivity contribution is 0.181. The van der Waals surface area contributed by atoms with E-state index in [4.69, 9.17) is 4.74 Å². The summed E-state index contributed by atoms with van der Waals surface area (Å²) in [6.07, 6.45) is 6.10. The molecule has 1 saturated heterocycles. The van der Waals surface area contributed by atoms with Gasteiger partial charge in [-0.3, -0.25) is 4.68 Å². The topological polar surface area (TPSA) is 52.0 Å². The van der Waals surface area contributed by atoms with Gasteiger partial charge < -0.3 is 10.1 Å². The number of nitrogens with one attached hydrogen (secondary N) is 1. The Balaban J connectivity index is 1.92. The zero-order valence-corrected chi connectivity index (χ0v) is 12.1. The summed E-state index contributed by atoms with van der Waals surface area (Å²) in [7, 11) is 0. The number of likely N-dealkylation sites (N-methyl/N-ethyl adjacent to an activating group) is 1. The SMILES string of the molecule is CCCn1ncnc1CC(CC1CCOC1)NCC. The van der Waals surface area contributed by atoms with Crippen LogP contribution < -0.4 is 5.32 Å². The van der Waals surface area contributed by atoms with Crippen LogP contribution in [0.25, 0.3) is 0 Å². The summed E-state index contributed by atoms with van der Waals surface area (Å²) in [5.41, 5.74) is 0. The van der Waals surface area contributed by atoms with Crippen molar-refractivity contribution in [2.45, 2.75) is 52.1 Å². The van der Waals surface area contributed by atoms with Crippen LogP contribution in [0.1, 0.15) is 38.9 Å². The lowest BCUT2D eigenvalue weighted by atomic mass is 9.97. The maximum Gasteiger partial charge on any atom is 0.138 e. The molecule has 108 valence electrons. The number of nitrogens with zero attached hydrogens (tertiary/aromatic N) is 3. The van der Waals surface area contributed by atoms with Crippen LogP contribution in [0.5, 0.6) is 0 Å². The highest BCUT2D eigenvalue weighted by molar-refractivity contribution is 4.91. The molecule has 1 aliphatic rings. The molecule has 2 atom stereocenters. The van der Waals surface area contributed by atoms with Crippen LogP contribution in [0.4, 0.5) is 0 Å². The predicted molar refractivity (Wildman–Crippen MR) is 75.0 cm³/mol. The summed E-state index contributed by atoms with van der Waals surface area (Å²) in [5, 5.41) is 7.88. The molecule has 1 fully saturated rings. The standard InChI is InChI=1S/C14H26N4O/c1-3-6-18-14(16-11-17-18)9-13(15-4-2)8-12-5-7-19-10-12/h11-13,15H,3-10H2,1-2H3. The van der Waals surface area contributed by atoms with E-state index in [2.05, 4.69) is 29.2 Å². The van der Waals surface area contributed by atoms with Crippen LogP contribution in [0, 0.1) is 5.92 Å². The molecule has 1 aromatic heterocycles. The van der Waals surface area contributed by atoms with Gasteiger partial charge in [0.05, 0.1) is 0 Å². The summed E-state index contributed by atoms with van der Waals surface area (Å²) in [5.74, 6) is 1.80. The van der Waals surface area contributed by atoms with Gasteiger partial charge in [-0.2, -0.15) is 5.10 Å². The number of aryl methyl sites for hydroxylation is 1. The number of rotatable bonds is 8. The van der Waals surface area contributed by atoms with Crippen molar-refractivity contribution in [3.05, 3.63) is 12.2 Å². The van der Waals surface area contributed by atoms with E-state index < -0.39 is 0 Å². The van der Waals surface area contributed by atoms with Crippen molar-refractivity contribution in [1.82, 2.24) is 20.1 Å². The molecular formula is C14H26N4O. The molecule has 0 radical (unpaired) electrons. The largest absolute Gasteiger partial charge is 0.381 e. The Morgan fingerprint density at radius 3 is 3.11 bits per heavy atom. The Morgan fingerprint density at radius 2 is 2.42 bits per heavy atom. The van der Waals surface area contributed by atoms with Gasteiger partial charge in [0, 0.05) is 32.2 Å². The third-order valence-corrected chi connectivity index (χ3v) is 3.69. The van der Waals surface area contributed by atoms with E-state index in [0.717, 1.165) is 45.0 Å². The lowest BCUT2D eigenvalue weighted by Crippen LogP contribution is -2.34. The Hall–Kier alpha value is -0.940. The van der Waals surface area contributed by atoms with E-state index in [0.29, 0.717) is 12.0 Å². The number of hydrogen-bond acceptors (Lipinski definition) is 4. The van der Waals surface area contributed by atoms with Crippen LogP contribution in [0.15, 0.2) is 6.33 Å². The molecule has 2 unspecified atom stereocenters. The van der Waals surface area contributed by atoms with Crippen molar-refractivity contribution in [3.8, 4) is 0 Å². The number of aromatic nitrogens is 3. The van der Waals surface area contributed by atoms with E-state index in [1.54, 1.807) is 6.33 Å². The zero-order chi connectivity index (χ0) is 13.5. The van der Waals surface area contributed by atoms with E-state index in [1.165, 1.54) is 12.8 Å². The first kappa shape index (κ1) is 14.5. The predicted octanol–water partition coefficient (Wildman–Crippen LogP) is 1.64. The summed E-state index contributed by atoms with van der Waals surface area (Å²) in [6.45, 7) is 8.14. The normalized spacial score (nSPS) is 20.8. The zero-order valence-electron chi connectivity index (χ0n) is 12.1. The second-order valence-electron chi connectivity index (χ2n) is 5.32. The van der Waals surface area contributed by atoms with Crippen LogP contribution in [0.3, 0.4) is 0 Å². The van der Waals surface area contributed by atoms with Gasteiger partial charge in [0.2, 0.25) is 0 Å². The molecule has 1 aliphatic heterocycles. The molecule has 2 heterocycles. The Kier molecular flexibility index (Phi) is 5.79. The van der Waals surface area contributed by atoms with E-state index >= 15 is 0 Å². The minimum atomic E-state index is 0.483. The highest BCUT2D eigenvalue weighted by atomic mass is 16.5. The molecule has 1 aromatic rings. The van der Waals surface area contributed by atoms with Crippen LogP contribution in [0.2, 0.25) is 0 Å².